The van der Waals surface area contributed by atoms with Crippen LogP contribution in [0.1, 0.15) is 32.3 Å². The topological polar surface area (TPSA) is 29.3 Å². The summed E-state index contributed by atoms with van der Waals surface area (Å²) in [7, 11) is 0. The van der Waals surface area contributed by atoms with Crippen molar-refractivity contribution >= 4 is 12.4 Å². The summed E-state index contributed by atoms with van der Waals surface area (Å²) >= 11 is 0. The Bertz CT molecular complexity index is 351. The van der Waals surface area contributed by atoms with Crippen molar-refractivity contribution in [2.45, 2.75) is 38.8 Å². The van der Waals surface area contributed by atoms with Crippen LogP contribution in [-0.4, -0.2) is 23.5 Å². The van der Waals surface area contributed by atoms with E-state index in [1.54, 1.807) is 0 Å². The average molecular weight is 269 g/mol. The van der Waals surface area contributed by atoms with Crippen LogP contribution >= 0.6 is 12.4 Å². The number of nitrogens with zero attached hydrogens (tertiary/aromatic N) is 1. The Labute approximate surface area is 117 Å². The van der Waals surface area contributed by atoms with E-state index in [1.165, 1.54) is 18.5 Å². The van der Waals surface area contributed by atoms with E-state index in [9.17, 15) is 0 Å². The Kier molecular flexibility index (Phi) is 5.64. The van der Waals surface area contributed by atoms with Crippen molar-refractivity contribution in [1.29, 1.82) is 0 Å². The van der Waals surface area contributed by atoms with Gasteiger partial charge in [-0.25, -0.2) is 0 Å². The van der Waals surface area contributed by atoms with Gasteiger partial charge in [0.1, 0.15) is 0 Å². The largest absolute Gasteiger partial charge is 0.330 e. The molecule has 2 rings (SSSR count). The second-order valence-electron chi connectivity index (χ2n) is 5.83. The van der Waals surface area contributed by atoms with Crippen molar-refractivity contribution in [3.8, 4) is 0 Å². The molecule has 0 spiro atoms. The van der Waals surface area contributed by atoms with E-state index in [0.29, 0.717) is 5.54 Å². The lowest BCUT2D eigenvalue weighted by Gasteiger charge is -2.31. The maximum absolute atomic E-state index is 5.68. The maximum Gasteiger partial charge on any atom is 0.0239 e. The van der Waals surface area contributed by atoms with E-state index in [1.807, 2.05) is 0 Å². The predicted molar refractivity (Wildman–Crippen MR) is 80.0 cm³/mol. The summed E-state index contributed by atoms with van der Waals surface area (Å²) in [5.74, 6) is 0.777. The number of nitrogens with two attached hydrogens (primary N) is 1. The van der Waals surface area contributed by atoms with E-state index >= 15 is 0 Å². The summed E-state index contributed by atoms with van der Waals surface area (Å²) in [5, 5.41) is 0. The molecule has 1 unspecified atom stereocenters. The molecule has 1 saturated heterocycles. The third-order valence-electron chi connectivity index (χ3n) is 3.91. The van der Waals surface area contributed by atoms with Crippen molar-refractivity contribution in [2.24, 2.45) is 11.7 Å². The molecule has 18 heavy (non-hydrogen) atoms. The SMILES string of the molecule is CC1(C)CC(CCN)CN1Cc1ccccc1.Cl. The number of rotatable bonds is 4. The molecular formula is C15H25ClN2. The summed E-state index contributed by atoms with van der Waals surface area (Å²) in [6, 6.07) is 10.8. The second-order valence-corrected chi connectivity index (χ2v) is 5.83. The van der Waals surface area contributed by atoms with Gasteiger partial charge in [-0.1, -0.05) is 30.3 Å². The van der Waals surface area contributed by atoms with Gasteiger partial charge in [0, 0.05) is 18.6 Å². The van der Waals surface area contributed by atoms with Gasteiger partial charge in [0.05, 0.1) is 0 Å². The highest BCUT2D eigenvalue weighted by atomic mass is 35.5. The quantitative estimate of drug-likeness (QED) is 0.909. The van der Waals surface area contributed by atoms with Crippen molar-refractivity contribution in [1.82, 2.24) is 4.90 Å². The molecule has 1 aromatic carbocycles. The summed E-state index contributed by atoms with van der Waals surface area (Å²) in [5.41, 5.74) is 7.40. The van der Waals surface area contributed by atoms with Crippen molar-refractivity contribution in [3.05, 3.63) is 35.9 Å². The zero-order valence-electron chi connectivity index (χ0n) is 11.4. The lowest BCUT2D eigenvalue weighted by atomic mass is 9.94. The predicted octanol–water partition coefficient (Wildman–Crippen LogP) is 3.06. The molecule has 1 aliphatic rings. The first-order valence-electron chi connectivity index (χ1n) is 6.61. The Morgan fingerprint density at radius 3 is 2.56 bits per heavy atom. The number of hydrogen-bond donors (Lipinski definition) is 1. The first kappa shape index (κ1) is 15.5. The van der Waals surface area contributed by atoms with Gasteiger partial charge in [-0.05, 0) is 44.7 Å². The lowest BCUT2D eigenvalue weighted by molar-refractivity contribution is 0.166. The molecule has 0 aliphatic carbocycles. The molecule has 1 aromatic rings. The highest BCUT2D eigenvalue weighted by molar-refractivity contribution is 5.85. The number of benzene rings is 1. The molecule has 3 heteroatoms. The van der Waals surface area contributed by atoms with E-state index in [2.05, 4.69) is 49.1 Å². The summed E-state index contributed by atoms with van der Waals surface area (Å²) in [6.07, 6.45) is 2.44. The molecule has 1 heterocycles. The van der Waals surface area contributed by atoms with Crippen LogP contribution in [0.5, 0.6) is 0 Å². The molecule has 1 fully saturated rings. The van der Waals surface area contributed by atoms with Crippen LogP contribution in [0.3, 0.4) is 0 Å². The van der Waals surface area contributed by atoms with Gasteiger partial charge >= 0.3 is 0 Å². The standard InChI is InChI=1S/C15H24N2.ClH/c1-15(2)10-14(8-9-16)12-17(15)11-13-6-4-3-5-7-13;/h3-7,14H,8-12,16H2,1-2H3;1H. The van der Waals surface area contributed by atoms with Crippen LogP contribution < -0.4 is 5.73 Å². The lowest BCUT2D eigenvalue weighted by Crippen LogP contribution is -2.37. The van der Waals surface area contributed by atoms with Gasteiger partial charge in [-0.3, -0.25) is 4.90 Å². The Morgan fingerprint density at radius 2 is 1.94 bits per heavy atom. The van der Waals surface area contributed by atoms with Crippen LogP contribution in [0.4, 0.5) is 0 Å². The van der Waals surface area contributed by atoms with Gasteiger partial charge in [-0.2, -0.15) is 0 Å². The van der Waals surface area contributed by atoms with E-state index in [0.717, 1.165) is 25.4 Å². The molecule has 0 aromatic heterocycles. The molecule has 2 N–H and O–H groups in total. The smallest absolute Gasteiger partial charge is 0.0239 e. The maximum atomic E-state index is 5.68. The van der Waals surface area contributed by atoms with Crippen LogP contribution in [0.15, 0.2) is 30.3 Å². The van der Waals surface area contributed by atoms with Gasteiger partial charge in [0.2, 0.25) is 0 Å². The number of halogens is 1. The fraction of sp³-hybridized carbons (Fsp3) is 0.600. The Morgan fingerprint density at radius 1 is 1.28 bits per heavy atom. The fourth-order valence-corrected chi connectivity index (χ4v) is 2.97. The first-order valence-corrected chi connectivity index (χ1v) is 6.61. The van der Waals surface area contributed by atoms with E-state index in [4.69, 9.17) is 5.73 Å². The van der Waals surface area contributed by atoms with Gasteiger partial charge in [0.15, 0.2) is 0 Å². The van der Waals surface area contributed by atoms with Gasteiger partial charge in [0.25, 0.3) is 0 Å². The number of hydrogen-bond acceptors (Lipinski definition) is 2. The monoisotopic (exact) mass is 268 g/mol. The first-order chi connectivity index (χ1) is 8.12. The van der Waals surface area contributed by atoms with Crippen LogP contribution in [0.2, 0.25) is 0 Å². The molecule has 1 atom stereocenters. The molecule has 0 bridgehead atoms. The van der Waals surface area contributed by atoms with Crippen molar-refractivity contribution in [2.75, 3.05) is 13.1 Å². The van der Waals surface area contributed by atoms with E-state index in [-0.39, 0.29) is 12.4 Å². The molecule has 102 valence electrons. The third-order valence-corrected chi connectivity index (χ3v) is 3.91. The van der Waals surface area contributed by atoms with Gasteiger partial charge < -0.3 is 5.73 Å². The Hall–Kier alpha value is -0.570. The van der Waals surface area contributed by atoms with Crippen molar-refractivity contribution in [3.63, 3.8) is 0 Å². The summed E-state index contributed by atoms with van der Waals surface area (Å²) in [6.45, 7) is 7.78. The van der Waals surface area contributed by atoms with E-state index < -0.39 is 0 Å². The van der Waals surface area contributed by atoms with Crippen molar-refractivity contribution < 1.29 is 0 Å². The minimum atomic E-state index is 0. The molecule has 0 amide bonds. The zero-order chi connectivity index (χ0) is 12.3. The molecular weight excluding hydrogens is 244 g/mol. The third kappa shape index (κ3) is 3.71. The minimum Gasteiger partial charge on any atom is -0.330 e. The molecule has 0 saturated carbocycles. The second kappa shape index (κ2) is 6.55. The molecule has 0 radical (unpaired) electrons. The summed E-state index contributed by atoms with van der Waals surface area (Å²) in [4.78, 5) is 2.60. The molecule has 1 aliphatic heterocycles. The zero-order valence-corrected chi connectivity index (χ0v) is 12.2. The minimum absolute atomic E-state index is 0. The van der Waals surface area contributed by atoms with Crippen LogP contribution in [0.25, 0.3) is 0 Å². The van der Waals surface area contributed by atoms with Gasteiger partial charge in [-0.15, -0.1) is 12.4 Å². The normalized spacial score (nSPS) is 22.7. The van der Waals surface area contributed by atoms with Crippen LogP contribution in [0, 0.1) is 5.92 Å². The fourth-order valence-electron chi connectivity index (χ4n) is 2.97. The summed E-state index contributed by atoms with van der Waals surface area (Å²) < 4.78 is 0. The van der Waals surface area contributed by atoms with Crippen LogP contribution in [-0.2, 0) is 6.54 Å². The average Bonchev–Trinajstić information content (AvgIpc) is 2.55. The highest BCUT2D eigenvalue weighted by Gasteiger charge is 2.37. The Balaban J connectivity index is 0.00000162. The molecule has 2 nitrogen and oxygen atoms in total. The number of likely N-dealkylation sites (tertiary alicyclic amines) is 1. The highest BCUT2D eigenvalue weighted by Crippen LogP contribution is 2.35.